The molecule has 19 heavy (non-hydrogen) atoms. The van der Waals surface area contributed by atoms with Gasteiger partial charge < -0.3 is 4.90 Å². The van der Waals surface area contributed by atoms with Crippen molar-refractivity contribution in [2.75, 3.05) is 12.3 Å². The van der Waals surface area contributed by atoms with Gasteiger partial charge in [-0.25, -0.2) is 12.8 Å². The number of carbonyl (C=O) groups excluding carboxylic acids is 1. The summed E-state index contributed by atoms with van der Waals surface area (Å²) in [7, 11) is 1.60. The fourth-order valence-corrected chi connectivity index (χ4v) is 3.53. The Balaban J connectivity index is 1.98. The highest BCUT2D eigenvalue weighted by atomic mass is 35.7. The minimum atomic E-state index is -3.59. The number of halogens is 2. The molecule has 0 N–H and O–H groups in total. The van der Waals surface area contributed by atoms with Crippen LogP contribution in [0.15, 0.2) is 24.3 Å². The predicted octanol–water partition coefficient (Wildman–Crippen LogP) is 1.74. The minimum Gasteiger partial charge on any atom is -0.338 e. The predicted molar refractivity (Wildman–Crippen MR) is 69.6 cm³/mol. The molecule has 104 valence electrons. The van der Waals surface area contributed by atoms with Gasteiger partial charge in [0, 0.05) is 36.1 Å². The van der Waals surface area contributed by atoms with Crippen molar-refractivity contribution in [2.24, 2.45) is 5.92 Å². The van der Waals surface area contributed by atoms with E-state index >= 15 is 0 Å². The fraction of sp³-hybridized carbons (Fsp3) is 0.417. The molecule has 1 saturated heterocycles. The third-order valence-corrected chi connectivity index (χ3v) is 4.26. The van der Waals surface area contributed by atoms with Crippen LogP contribution in [0.1, 0.15) is 12.0 Å². The molecule has 1 unspecified atom stereocenters. The zero-order valence-corrected chi connectivity index (χ0v) is 11.6. The molecule has 0 saturated carbocycles. The van der Waals surface area contributed by atoms with Crippen molar-refractivity contribution in [1.29, 1.82) is 0 Å². The highest BCUT2D eigenvalue weighted by molar-refractivity contribution is 8.13. The summed E-state index contributed by atoms with van der Waals surface area (Å²) >= 11 is 0. The zero-order chi connectivity index (χ0) is 14.0. The van der Waals surface area contributed by atoms with Gasteiger partial charge in [-0.15, -0.1) is 0 Å². The van der Waals surface area contributed by atoms with Crippen LogP contribution < -0.4 is 0 Å². The number of benzene rings is 1. The van der Waals surface area contributed by atoms with Crippen molar-refractivity contribution < 1.29 is 17.6 Å². The van der Waals surface area contributed by atoms with Gasteiger partial charge in [0.15, 0.2) is 0 Å². The Kier molecular flexibility index (Phi) is 4.10. The van der Waals surface area contributed by atoms with Crippen LogP contribution in [-0.4, -0.2) is 31.5 Å². The summed E-state index contributed by atoms with van der Waals surface area (Å²) in [4.78, 5) is 13.3. The first-order valence-corrected chi connectivity index (χ1v) is 8.26. The Morgan fingerprint density at radius 1 is 1.32 bits per heavy atom. The molecule has 0 aromatic heterocycles. The molecule has 1 aliphatic heterocycles. The lowest BCUT2D eigenvalue weighted by molar-refractivity contribution is -0.128. The molecule has 1 aromatic carbocycles. The average molecular weight is 306 g/mol. The molecular formula is C12H13ClFNO3S. The Morgan fingerprint density at radius 2 is 1.95 bits per heavy atom. The molecule has 1 amide bonds. The van der Waals surface area contributed by atoms with E-state index < -0.39 is 9.05 Å². The second-order valence-electron chi connectivity index (χ2n) is 4.68. The molecule has 7 heteroatoms. The van der Waals surface area contributed by atoms with Gasteiger partial charge in [-0.05, 0) is 17.7 Å². The molecule has 1 heterocycles. The molecule has 1 aliphatic rings. The number of rotatable bonds is 4. The Bertz CT molecular complexity index is 573. The zero-order valence-electron chi connectivity index (χ0n) is 10.1. The summed E-state index contributed by atoms with van der Waals surface area (Å²) < 4.78 is 34.7. The maximum absolute atomic E-state index is 12.8. The number of nitrogens with zero attached hydrogens (tertiary/aromatic N) is 1. The van der Waals surface area contributed by atoms with Gasteiger partial charge in [0.25, 0.3) is 0 Å². The van der Waals surface area contributed by atoms with E-state index in [0.29, 0.717) is 13.1 Å². The first-order chi connectivity index (χ1) is 8.83. The van der Waals surface area contributed by atoms with Gasteiger partial charge in [0.1, 0.15) is 5.82 Å². The van der Waals surface area contributed by atoms with E-state index in [1.807, 2.05) is 0 Å². The molecule has 1 atom stereocenters. The van der Waals surface area contributed by atoms with Crippen LogP contribution in [-0.2, 0) is 20.4 Å². The van der Waals surface area contributed by atoms with Crippen LogP contribution in [0.3, 0.4) is 0 Å². The monoisotopic (exact) mass is 305 g/mol. The van der Waals surface area contributed by atoms with E-state index in [1.165, 1.54) is 12.1 Å². The summed E-state index contributed by atoms with van der Waals surface area (Å²) in [6.45, 7) is 0.722. The first-order valence-electron chi connectivity index (χ1n) is 5.78. The van der Waals surface area contributed by atoms with Crippen molar-refractivity contribution >= 4 is 25.6 Å². The normalized spacial score (nSPS) is 20.0. The van der Waals surface area contributed by atoms with Crippen molar-refractivity contribution in [1.82, 2.24) is 4.90 Å². The van der Waals surface area contributed by atoms with Gasteiger partial charge in [-0.3, -0.25) is 4.79 Å². The van der Waals surface area contributed by atoms with E-state index in [9.17, 15) is 17.6 Å². The number of amides is 1. The molecule has 2 rings (SSSR count). The standard InChI is InChI=1S/C12H13ClFNO3S/c13-19(17,18)8-10-5-12(16)15(7-10)6-9-1-3-11(14)4-2-9/h1-4,10H,5-8H2. The smallest absolute Gasteiger partial charge is 0.232 e. The summed E-state index contributed by atoms with van der Waals surface area (Å²) in [6, 6.07) is 5.87. The lowest BCUT2D eigenvalue weighted by Gasteiger charge is -2.16. The van der Waals surface area contributed by atoms with Crippen LogP contribution in [0.25, 0.3) is 0 Å². The lowest BCUT2D eigenvalue weighted by Crippen LogP contribution is -2.25. The highest BCUT2D eigenvalue weighted by Gasteiger charge is 2.32. The molecule has 4 nitrogen and oxygen atoms in total. The van der Waals surface area contributed by atoms with E-state index in [2.05, 4.69) is 0 Å². The molecular weight excluding hydrogens is 293 g/mol. The number of likely N-dealkylation sites (tertiary alicyclic amines) is 1. The van der Waals surface area contributed by atoms with Gasteiger partial charge in [0.2, 0.25) is 15.0 Å². The average Bonchev–Trinajstić information content (AvgIpc) is 2.60. The second-order valence-corrected chi connectivity index (χ2v) is 7.50. The fourth-order valence-electron chi connectivity index (χ4n) is 2.21. The third kappa shape index (κ3) is 4.18. The van der Waals surface area contributed by atoms with E-state index in [0.717, 1.165) is 5.56 Å². The molecule has 1 fully saturated rings. The van der Waals surface area contributed by atoms with Crippen molar-refractivity contribution in [2.45, 2.75) is 13.0 Å². The Morgan fingerprint density at radius 3 is 2.53 bits per heavy atom. The lowest BCUT2D eigenvalue weighted by atomic mass is 10.1. The summed E-state index contributed by atoms with van der Waals surface area (Å²) in [6.07, 6.45) is 0.188. The van der Waals surface area contributed by atoms with Gasteiger partial charge in [-0.2, -0.15) is 0 Å². The molecule has 0 radical (unpaired) electrons. The second kappa shape index (κ2) is 5.46. The minimum absolute atomic E-state index is 0.102. The maximum atomic E-state index is 12.8. The van der Waals surface area contributed by atoms with Gasteiger partial charge in [-0.1, -0.05) is 12.1 Å². The molecule has 0 aliphatic carbocycles. The third-order valence-electron chi connectivity index (χ3n) is 3.02. The van der Waals surface area contributed by atoms with Crippen LogP contribution in [0.4, 0.5) is 4.39 Å². The Labute approximate surface area is 115 Å². The first kappa shape index (κ1) is 14.3. The molecule has 1 aromatic rings. The largest absolute Gasteiger partial charge is 0.338 e. The maximum Gasteiger partial charge on any atom is 0.232 e. The SMILES string of the molecule is O=C1CC(CS(=O)(=O)Cl)CN1Cc1ccc(F)cc1. The van der Waals surface area contributed by atoms with Crippen LogP contribution in [0.5, 0.6) is 0 Å². The van der Waals surface area contributed by atoms with Crippen LogP contribution in [0.2, 0.25) is 0 Å². The number of carbonyl (C=O) groups is 1. The molecule has 0 spiro atoms. The highest BCUT2D eigenvalue weighted by Crippen LogP contribution is 2.22. The van der Waals surface area contributed by atoms with Crippen molar-refractivity contribution in [3.05, 3.63) is 35.6 Å². The van der Waals surface area contributed by atoms with E-state index in [-0.39, 0.29) is 29.8 Å². The van der Waals surface area contributed by atoms with Crippen LogP contribution >= 0.6 is 10.7 Å². The summed E-state index contributed by atoms with van der Waals surface area (Å²) in [5.41, 5.74) is 0.809. The van der Waals surface area contributed by atoms with E-state index in [1.54, 1.807) is 17.0 Å². The van der Waals surface area contributed by atoms with Crippen molar-refractivity contribution in [3.8, 4) is 0 Å². The van der Waals surface area contributed by atoms with Gasteiger partial charge in [0.05, 0.1) is 5.75 Å². The van der Waals surface area contributed by atoms with E-state index in [4.69, 9.17) is 10.7 Å². The topological polar surface area (TPSA) is 54.5 Å². The Hall–Kier alpha value is -1.14. The summed E-state index contributed by atoms with van der Waals surface area (Å²) in [5, 5.41) is 0. The van der Waals surface area contributed by atoms with Crippen LogP contribution in [0, 0.1) is 11.7 Å². The van der Waals surface area contributed by atoms with Crippen molar-refractivity contribution in [3.63, 3.8) is 0 Å². The van der Waals surface area contributed by atoms with Gasteiger partial charge >= 0.3 is 0 Å². The number of hydrogen-bond donors (Lipinski definition) is 0. The molecule has 0 bridgehead atoms. The quantitative estimate of drug-likeness (QED) is 0.796. The summed E-state index contributed by atoms with van der Waals surface area (Å²) in [5.74, 6) is -0.895. The number of hydrogen-bond acceptors (Lipinski definition) is 3.